The van der Waals surface area contributed by atoms with Gasteiger partial charge < -0.3 is 10.3 Å². The Bertz CT molecular complexity index is 1040. The van der Waals surface area contributed by atoms with Gasteiger partial charge in [0.2, 0.25) is 0 Å². The average Bonchev–Trinajstić information content (AvgIpc) is 3.10. The second-order valence-corrected chi connectivity index (χ2v) is 6.65. The van der Waals surface area contributed by atoms with Crippen molar-refractivity contribution in [2.45, 2.75) is 33.1 Å². The maximum absolute atomic E-state index is 4.46. The normalized spacial score (nSPS) is 12.1. The number of imidazole rings is 1. The van der Waals surface area contributed by atoms with Gasteiger partial charge in [0.15, 0.2) is 0 Å². The van der Waals surface area contributed by atoms with Crippen LogP contribution in [0.25, 0.3) is 21.9 Å². The number of nitrogens with one attached hydrogen (secondary N) is 2. The molecule has 5 heteroatoms. The molecule has 0 saturated carbocycles. The third-order valence-corrected chi connectivity index (χ3v) is 4.87. The monoisotopic (exact) mass is 366 g/mol. The Morgan fingerprint density at radius 1 is 1.08 bits per heavy atom. The van der Waals surface area contributed by atoms with Crippen LogP contribution in [0.2, 0.25) is 0 Å². The highest BCUT2D eigenvalue weighted by Crippen LogP contribution is 2.32. The summed E-state index contributed by atoms with van der Waals surface area (Å²) >= 11 is 0. The Morgan fingerprint density at radius 3 is 2.58 bits per heavy atom. The topological polar surface area (TPSA) is 53.6 Å². The van der Waals surface area contributed by atoms with E-state index in [1.807, 2.05) is 6.07 Å². The zero-order valence-electron chi connectivity index (χ0n) is 15.2. The molecule has 0 radical (unpaired) electrons. The molecule has 4 rings (SSSR count). The molecule has 2 aromatic heterocycles. The molecule has 0 aliphatic carbocycles. The molecule has 4 aromatic rings. The lowest BCUT2D eigenvalue weighted by atomic mass is 9.98. The number of nitrogens with zero attached hydrogens (tertiary/aromatic N) is 2. The third-order valence-electron chi connectivity index (χ3n) is 4.87. The van der Waals surface area contributed by atoms with Crippen LogP contribution in [-0.4, -0.2) is 15.0 Å². The number of benzene rings is 2. The molecule has 1 atom stereocenters. The fourth-order valence-corrected chi connectivity index (χ4v) is 3.26. The predicted octanol–water partition coefficient (Wildman–Crippen LogP) is 6.10. The van der Waals surface area contributed by atoms with Crippen LogP contribution in [0.5, 0.6) is 0 Å². The fourth-order valence-electron chi connectivity index (χ4n) is 3.26. The molecule has 2 N–H and O–H groups in total. The number of aryl methyl sites for hydroxylation is 1. The van der Waals surface area contributed by atoms with E-state index in [9.17, 15) is 0 Å². The van der Waals surface area contributed by atoms with Crippen molar-refractivity contribution < 1.29 is 0 Å². The molecule has 1 unspecified atom stereocenters. The van der Waals surface area contributed by atoms with E-state index in [1.165, 1.54) is 5.56 Å². The van der Waals surface area contributed by atoms with Crippen molar-refractivity contribution in [3.63, 3.8) is 0 Å². The predicted molar refractivity (Wildman–Crippen MR) is 112 cm³/mol. The Morgan fingerprint density at radius 2 is 1.85 bits per heavy atom. The molecule has 0 spiro atoms. The molecule has 2 aromatic carbocycles. The molecule has 0 fully saturated rings. The van der Waals surface area contributed by atoms with Crippen LogP contribution in [-0.2, 0) is 0 Å². The van der Waals surface area contributed by atoms with Gasteiger partial charge >= 0.3 is 0 Å². The molecule has 0 aliphatic heterocycles. The van der Waals surface area contributed by atoms with Crippen LogP contribution in [0.15, 0.2) is 48.8 Å². The number of H-pyrrole nitrogens is 1. The summed E-state index contributed by atoms with van der Waals surface area (Å²) in [6, 6.07) is 14.9. The molecular formula is C21H23ClN4. The first-order valence-corrected chi connectivity index (χ1v) is 8.75. The molecule has 0 amide bonds. The van der Waals surface area contributed by atoms with Crippen LogP contribution in [0.4, 0.5) is 11.4 Å². The van der Waals surface area contributed by atoms with Crippen molar-refractivity contribution in [2.75, 3.05) is 5.32 Å². The van der Waals surface area contributed by atoms with Gasteiger partial charge in [-0.25, -0.2) is 9.97 Å². The number of pyridine rings is 1. The maximum atomic E-state index is 4.46. The highest BCUT2D eigenvalue weighted by molar-refractivity contribution is 6.10. The van der Waals surface area contributed by atoms with Gasteiger partial charge in [-0.3, -0.25) is 0 Å². The Labute approximate surface area is 159 Å². The van der Waals surface area contributed by atoms with Crippen molar-refractivity contribution in [1.82, 2.24) is 15.0 Å². The van der Waals surface area contributed by atoms with E-state index in [2.05, 4.69) is 77.4 Å². The summed E-state index contributed by atoms with van der Waals surface area (Å²) < 4.78 is 0. The lowest BCUT2D eigenvalue weighted by molar-refractivity contribution is 0.734. The molecule has 2 heterocycles. The largest absolute Gasteiger partial charge is 0.358 e. The number of anilines is 2. The van der Waals surface area contributed by atoms with Gasteiger partial charge in [0, 0.05) is 22.3 Å². The second-order valence-electron chi connectivity index (χ2n) is 6.65. The highest BCUT2D eigenvalue weighted by Gasteiger charge is 2.10. The number of aromatic amines is 1. The number of fused-ring (bicyclic) bond motifs is 3. The number of hydrogen-bond donors (Lipinski definition) is 2. The molecule has 0 bridgehead atoms. The Balaban J connectivity index is 0.00000196. The minimum absolute atomic E-state index is 0. The fraction of sp³-hybridized carbons (Fsp3) is 0.238. The van der Waals surface area contributed by atoms with E-state index in [0.29, 0.717) is 5.92 Å². The van der Waals surface area contributed by atoms with Gasteiger partial charge in [-0.1, -0.05) is 26.0 Å². The Hall–Kier alpha value is -2.59. The van der Waals surface area contributed by atoms with E-state index in [-0.39, 0.29) is 12.4 Å². The number of hydrogen-bond acceptors (Lipinski definition) is 3. The quantitative estimate of drug-likeness (QED) is 0.459. The van der Waals surface area contributed by atoms with Gasteiger partial charge in [-0.2, -0.15) is 0 Å². The van der Waals surface area contributed by atoms with Crippen LogP contribution in [0, 0.1) is 6.92 Å². The van der Waals surface area contributed by atoms with Gasteiger partial charge in [0.1, 0.15) is 11.8 Å². The summed E-state index contributed by atoms with van der Waals surface area (Å²) in [5, 5.41) is 4.64. The van der Waals surface area contributed by atoms with Gasteiger partial charge in [-0.05, 0) is 55.2 Å². The van der Waals surface area contributed by atoms with Crippen molar-refractivity contribution in [2.24, 2.45) is 0 Å². The van der Waals surface area contributed by atoms with Crippen LogP contribution in [0.1, 0.15) is 37.4 Å². The van der Waals surface area contributed by atoms with Crippen LogP contribution in [0.3, 0.4) is 0 Å². The first-order chi connectivity index (χ1) is 12.2. The van der Waals surface area contributed by atoms with Crippen LogP contribution < -0.4 is 5.32 Å². The van der Waals surface area contributed by atoms with Gasteiger partial charge in [0.05, 0.1) is 11.2 Å². The average molecular weight is 367 g/mol. The Kier molecular flexibility index (Phi) is 5.14. The zero-order chi connectivity index (χ0) is 17.4. The first-order valence-electron chi connectivity index (χ1n) is 8.75. The maximum Gasteiger partial charge on any atom is 0.116 e. The standard InChI is InChI=1S/C21H22N4.ClH/c1-4-13(2)15-5-7-16(8-6-15)25-19-11-14(3)24-17-9-10-18-21(20(17)19)23-12-22-18;/h5-13,24-25H,4H2,1-3H3;1H. The van der Waals surface area contributed by atoms with Crippen molar-refractivity contribution in [1.29, 1.82) is 0 Å². The van der Waals surface area contributed by atoms with E-state index < -0.39 is 0 Å². The molecule has 4 nitrogen and oxygen atoms in total. The summed E-state index contributed by atoms with van der Waals surface area (Å²) in [5.41, 5.74) is 7.51. The third kappa shape index (κ3) is 3.25. The molecule has 0 aliphatic rings. The summed E-state index contributed by atoms with van der Waals surface area (Å²) in [6.45, 7) is 6.55. The smallest absolute Gasteiger partial charge is 0.116 e. The molecule has 26 heavy (non-hydrogen) atoms. The summed E-state index contributed by atoms with van der Waals surface area (Å²) in [4.78, 5) is 12.2. The number of rotatable bonds is 4. The molecule has 134 valence electrons. The van der Waals surface area contributed by atoms with Crippen molar-refractivity contribution >= 4 is 45.7 Å². The number of halogens is 1. The van der Waals surface area contributed by atoms with Gasteiger partial charge in [-0.15, -0.1) is 12.4 Å². The molecule has 0 saturated heterocycles. The zero-order valence-corrected chi connectivity index (χ0v) is 16.0. The number of aromatic nitrogens is 3. The summed E-state index contributed by atoms with van der Waals surface area (Å²) in [6.07, 6.45) is 2.77. The van der Waals surface area contributed by atoms with Gasteiger partial charge in [0.25, 0.3) is 0 Å². The van der Waals surface area contributed by atoms with E-state index in [0.717, 1.165) is 45.4 Å². The summed E-state index contributed by atoms with van der Waals surface area (Å²) in [5.74, 6) is 0.586. The SMILES string of the molecule is CCC(C)c1ccc(Nc2cc(C)[nH]c3ccc4ncnc4c23)cc1.Cl. The summed E-state index contributed by atoms with van der Waals surface area (Å²) in [7, 11) is 0. The first kappa shape index (κ1) is 18.2. The lowest BCUT2D eigenvalue weighted by Crippen LogP contribution is -1.97. The minimum Gasteiger partial charge on any atom is -0.358 e. The van der Waals surface area contributed by atoms with Crippen molar-refractivity contribution in [3.8, 4) is 0 Å². The van der Waals surface area contributed by atoms with E-state index in [1.54, 1.807) is 6.33 Å². The van der Waals surface area contributed by atoms with Crippen molar-refractivity contribution in [3.05, 3.63) is 60.0 Å². The van der Waals surface area contributed by atoms with E-state index >= 15 is 0 Å². The second kappa shape index (κ2) is 7.34. The highest BCUT2D eigenvalue weighted by atomic mass is 35.5. The lowest BCUT2D eigenvalue weighted by Gasteiger charge is -2.14. The minimum atomic E-state index is 0. The molecular weight excluding hydrogens is 344 g/mol. The van der Waals surface area contributed by atoms with E-state index in [4.69, 9.17) is 0 Å². The van der Waals surface area contributed by atoms with Crippen LogP contribution >= 0.6 is 12.4 Å².